The maximum absolute atomic E-state index is 11.9. The van der Waals surface area contributed by atoms with Crippen molar-refractivity contribution in [1.82, 2.24) is 10.6 Å². The first-order valence-electron chi connectivity index (χ1n) is 6.48. The zero-order valence-electron chi connectivity index (χ0n) is 10.4. The average molecular weight is 235 g/mol. The van der Waals surface area contributed by atoms with Gasteiger partial charge in [0.1, 0.15) is 0 Å². The van der Waals surface area contributed by atoms with Crippen molar-refractivity contribution in [2.24, 2.45) is 10.9 Å². The highest BCUT2D eigenvalue weighted by molar-refractivity contribution is 5.81. The molecule has 2 aliphatic rings. The van der Waals surface area contributed by atoms with E-state index in [0.29, 0.717) is 12.5 Å². The van der Waals surface area contributed by atoms with Gasteiger partial charge in [-0.15, -0.1) is 0 Å². The maximum atomic E-state index is 11.9. The molecule has 4 heteroatoms. The summed E-state index contributed by atoms with van der Waals surface area (Å²) in [5.74, 6) is 0.465. The van der Waals surface area contributed by atoms with E-state index in [1.807, 2.05) is 12.3 Å². The molecule has 2 rings (SSSR count). The van der Waals surface area contributed by atoms with Gasteiger partial charge in [0.15, 0.2) is 0 Å². The van der Waals surface area contributed by atoms with Gasteiger partial charge in [-0.1, -0.05) is 12.5 Å². The number of carbonyl (C=O) groups excluding carboxylic acids is 1. The molecule has 0 spiro atoms. The van der Waals surface area contributed by atoms with Crippen LogP contribution < -0.4 is 10.6 Å². The average Bonchev–Trinajstić information content (AvgIpc) is 2.38. The van der Waals surface area contributed by atoms with Crippen molar-refractivity contribution in [2.75, 3.05) is 13.1 Å². The van der Waals surface area contributed by atoms with Crippen LogP contribution >= 0.6 is 0 Å². The summed E-state index contributed by atoms with van der Waals surface area (Å²) in [6.07, 6.45) is 9.18. The Bertz CT molecular complexity index is 319. The smallest absolute Gasteiger partial charge is 0.237 e. The molecule has 0 radical (unpaired) electrons. The molecule has 3 atom stereocenters. The van der Waals surface area contributed by atoms with Crippen molar-refractivity contribution in [2.45, 2.75) is 38.3 Å². The maximum Gasteiger partial charge on any atom is 0.237 e. The summed E-state index contributed by atoms with van der Waals surface area (Å²) >= 11 is 0. The van der Waals surface area contributed by atoms with Crippen molar-refractivity contribution in [3.05, 3.63) is 12.2 Å². The third-order valence-corrected chi connectivity index (χ3v) is 3.52. The minimum absolute atomic E-state index is 0.00938. The van der Waals surface area contributed by atoms with Crippen molar-refractivity contribution in [3.63, 3.8) is 0 Å². The molecule has 4 nitrogen and oxygen atoms in total. The van der Waals surface area contributed by atoms with Gasteiger partial charge in [0.2, 0.25) is 5.91 Å². The van der Waals surface area contributed by atoms with Crippen LogP contribution in [0.15, 0.2) is 17.1 Å². The Morgan fingerprint density at radius 1 is 1.53 bits per heavy atom. The van der Waals surface area contributed by atoms with Gasteiger partial charge >= 0.3 is 0 Å². The predicted molar refractivity (Wildman–Crippen MR) is 69.2 cm³/mol. The SMILES string of the molecule is CC1N=CC=CC1CNC(=O)[C@@H]1CCCCN1. The molecule has 0 aliphatic carbocycles. The molecule has 0 bridgehead atoms. The third-order valence-electron chi connectivity index (χ3n) is 3.52. The summed E-state index contributed by atoms with van der Waals surface area (Å²) < 4.78 is 0. The van der Waals surface area contributed by atoms with E-state index in [2.05, 4.69) is 28.6 Å². The lowest BCUT2D eigenvalue weighted by Gasteiger charge is -2.25. The molecular formula is C13H21N3O. The zero-order chi connectivity index (χ0) is 12.1. The first-order valence-corrected chi connectivity index (χ1v) is 6.48. The van der Waals surface area contributed by atoms with Gasteiger partial charge in [0.25, 0.3) is 0 Å². The summed E-state index contributed by atoms with van der Waals surface area (Å²) in [4.78, 5) is 16.2. The van der Waals surface area contributed by atoms with Gasteiger partial charge in [0.05, 0.1) is 12.1 Å². The Morgan fingerprint density at radius 2 is 2.41 bits per heavy atom. The van der Waals surface area contributed by atoms with Gasteiger partial charge in [-0.25, -0.2) is 0 Å². The molecule has 0 aromatic carbocycles. The van der Waals surface area contributed by atoms with E-state index in [4.69, 9.17) is 0 Å². The van der Waals surface area contributed by atoms with E-state index < -0.39 is 0 Å². The third kappa shape index (κ3) is 3.40. The number of piperidine rings is 1. The molecule has 0 aromatic rings. The van der Waals surface area contributed by atoms with E-state index in [-0.39, 0.29) is 18.0 Å². The fraction of sp³-hybridized carbons (Fsp3) is 0.692. The summed E-state index contributed by atoms with van der Waals surface area (Å²) in [7, 11) is 0. The van der Waals surface area contributed by atoms with Crippen LogP contribution in [-0.4, -0.2) is 37.3 Å². The molecule has 94 valence electrons. The van der Waals surface area contributed by atoms with Crippen molar-refractivity contribution in [1.29, 1.82) is 0 Å². The number of hydrogen-bond acceptors (Lipinski definition) is 3. The van der Waals surface area contributed by atoms with E-state index >= 15 is 0 Å². The second-order valence-corrected chi connectivity index (χ2v) is 4.84. The molecule has 1 saturated heterocycles. The van der Waals surface area contributed by atoms with Crippen LogP contribution in [0, 0.1) is 5.92 Å². The first kappa shape index (κ1) is 12.3. The molecule has 17 heavy (non-hydrogen) atoms. The number of rotatable bonds is 3. The molecule has 0 aromatic heterocycles. The van der Waals surface area contributed by atoms with Crippen molar-refractivity contribution >= 4 is 12.1 Å². The van der Waals surface area contributed by atoms with Crippen LogP contribution in [0.2, 0.25) is 0 Å². The van der Waals surface area contributed by atoms with Crippen LogP contribution in [0.1, 0.15) is 26.2 Å². The number of nitrogens with one attached hydrogen (secondary N) is 2. The minimum Gasteiger partial charge on any atom is -0.354 e. The van der Waals surface area contributed by atoms with Gasteiger partial charge in [-0.05, 0) is 32.4 Å². The molecular weight excluding hydrogens is 214 g/mol. The molecule has 2 unspecified atom stereocenters. The van der Waals surface area contributed by atoms with Crippen molar-refractivity contribution < 1.29 is 4.79 Å². The molecule has 2 heterocycles. The lowest BCUT2D eigenvalue weighted by molar-refractivity contribution is -0.123. The lowest BCUT2D eigenvalue weighted by atomic mass is 9.98. The van der Waals surface area contributed by atoms with Gasteiger partial charge in [-0.2, -0.15) is 0 Å². The molecule has 2 aliphatic heterocycles. The number of allylic oxidation sites excluding steroid dienone is 1. The second-order valence-electron chi connectivity index (χ2n) is 4.84. The van der Waals surface area contributed by atoms with E-state index in [1.54, 1.807) is 0 Å². The monoisotopic (exact) mass is 235 g/mol. The highest BCUT2D eigenvalue weighted by atomic mass is 16.2. The Hall–Kier alpha value is -1.16. The van der Waals surface area contributed by atoms with E-state index in [0.717, 1.165) is 19.4 Å². The van der Waals surface area contributed by atoms with Crippen LogP contribution in [0.25, 0.3) is 0 Å². The number of amides is 1. The Morgan fingerprint density at radius 3 is 3.12 bits per heavy atom. The molecule has 2 N–H and O–H groups in total. The predicted octanol–water partition coefficient (Wildman–Crippen LogP) is 0.890. The summed E-state index contributed by atoms with van der Waals surface area (Å²) in [5, 5.41) is 6.28. The van der Waals surface area contributed by atoms with E-state index in [9.17, 15) is 4.79 Å². The van der Waals surface area contributed by atoms with Crippen molar-refractivity contribution in [3.8, 4) is 0 Å². The van der Waals surface area contributed by atoms with Gasteiger partial charge < -0.3 is 10.6 Å². The first-order chi connectivity index (χ1) is 8.27. The summed E-state index contributed by atoms with van der Waals surface area (Å²) in [6, 6.07) is 0.273. The van der Waals surface area contributed by atoms with E-state index in [1.165, 1.54) is 6.42 Å². The molecule has 0 saturated carbocycles. The fourth-order valence-electron chi connectivity index (χ4n) is 2.31. The fourth-order valence-corrected chi connectivity index (χ4v) is 2.31. The number of nitrogens with zero attached hydrogens (tertiary/aromatic N) is 1. The lowest BCUT2D eigenvalue weighted by Crippen LogP contribution is -2.48. The second kappa shape index (κ2) is 5.96. The highest BCUT2D eigenvalue weighted by Crippen LogP contribution is 2.12. The number of hydrogen-bond donors (Lipinski definition) is 2. The largest absolute Gasteiger partial charge is 0.354 e. The zero-order valence-corrected chi connectivity index (χ0v) is 10.4. The number of carbonyl (C=O) groups is 1. The molecule has 1 amide bonds. The van der Waals surface area contributed by atoms with Crippen LogP contribution in [0.3, 0.4) is 0 Å². The normalized spacial score (nSPS) is 32.4. The standard InChI is InChI=1S/C13H21N3O/c1-10-11(5-4-8-14-10)9-16-13(17)12-6-2-3-7-15-12/h4-5,8,10-12,15H,2-3,6-7,9H2,1H3,(H,16,17)/t10?,11?,12-/m0/s1. The number of dihydropyridines is 1. The quantitative estimate of drug-likeness (QED) is 0.763. The van der Waals surface area contributed by atoms with Gasteiger partial charge in [0, 0.05) is 18.7 Å². The van der Waals surface area contributed by atoms with Crippen LogP contribution in [0.5, 0.6) is 0 Å². The van der Waals surface area contributed by atoms with Crippen LogP contribution in [-0.2, 0) is 4.79 Å². The Kier molecular flexibility index (Phi) is 4.31. The number of aliphatic imine (C=N–C) groups is 1. The van der Waals surface area contributed by atoms with Crippen LogP contribution in [0.4, 0.5) is 0 Å². The summed E-state index contributed by atoms with van der Waals surface area (Å²) in [6.45, 7) is 3.73. The topological polar surface area (TPSA) is 53.5 Å². The summed E-state index contributed by atoms with van der Waals surface area (Å²) in [5.41, 5.74) is 0. The molecule has 1 fully saturated rings. The van der Waals surface area contributed by atoms with Gasteiger partial charge in [-0.3, -0.25) is 9.79 Å². The highest BCUT2D eigenvalue weighted by Gasteiger charge is 2.22. The Balaban J connectivity index is 1.75. The minimum atomic E-state index is 0.00938. The Labute approximate surface area is 103 Å².